The van der Waals surface area contributed by atoms with E-state index in [0.29, 0.717) is 28.8 Å². The zero-order valence-electron chi connectivity index (χ0n) is 16.1. The Hall–Kier alpha value is -3.26. The van der Waals surface area contributed by atoms with Gasteiger partial charge in [-0.05, 0) is 35.9 Å². The van der Waals surface area contributed by atoms with E-state index in [1.807, 2.05) is 0 Å². The van der Waals surface area contributed by atoms with Crippen molar-refractivity contribution < 1.29 is 14.3 Å². The third-order valence-corrected chi connectivity index (χ3v) is 4.43. The summed E-state index contributed by atoms with van der Waals surface area (Å²) in [5.41, 5.74) is 2.36. The monoisotopic (exact) mass is 413 g/mol. The standard InChI is InChI=1S/C20H20ClN5O3/c1-13(27)26(17-5-3-16(21)4-6-17)12-19-23-20(25-24-19)18-7-9-22-11-15(18)8-10-29-14(2)28/h3-7,9,11H,8,10,12H2,1-2H3,(H,23,24,25). The number of H-pyrrole nitrogens is 1. The Morgan fingerprint density at radius 1 is 1.17 bits per heavy atom. The molecule has 0 aliphatic heterocycles. The summed E-state index contributed by atoms with van der Waals surface area (Å²) in [6.45, 7) is 3.34. The number of aromatic nitrogens is 4. The molecule has 8 nitrogen and oxygen atoms in total. The molecule has 2 aromatic heterocycles. The van der Waals surface area contributed by atoms with Crippen LogP contribution >= 0.6 is 11.6 Å². The summed E-state index contributed by atoms with van der Waals surface area (Å²) >= 11 is 5.93. The Balaban J connectivity index is 1.79. The van der Waals surface area contributed by atoms with E-state index in [1.54, 1.807) is 47.6 Å². The molecular formula is C20H20ClN5O3. The highest BCUT2D eigenvalue weighted by molar-refractivity contribution is 6.30. The van der Waals surface area contributed by atoms with E-state index in [4.69, 9.17) is 16.3 Å². The van der Waals surface area contributed by atoms with Crippen molar-refractivity contribution in [2.24, 2.45) is 0 Å². The maximum atomic E-state index is 12.1. The molecule has 1 amide bonds. The van der Waals surface area contributed by atoms with Gasteiger partial charge >= 0.3 is 5.97 Å². The molecule has 0 bridgehead atoms. The van der Waals surface area contributed by atoms with E-state index in [1.165, 1.54) is 13.8 Å². The van der Waals surface area contributed by atoms with Crippen LogP contribution in [0.25, 0.3) is 11.4 Å². The molecule has 3 aromatic rings. The van der Waals surface area contributed by atoms with Gasteiger partial charge in [0.15, 0.2) is 5.82 Å². The zero-order valence-corrected chi connectivity index (χ0v) is 16.8. The molecule has 0 spiro atoms. The molecule has 2 heterocycles. The van der Waals surface area contributed by atoms with Gasteiger partial charge in [-0.2, -0.15) is 5.10 Å². The minimum absolute atomic E-state index is 0.128. The lowest BCUT2D eigenvalue weighted by Gasteiger charge is -2.19. The van der Waals surface area contributed by atoms with E-state index >= 15 is 0 Å². The van der Waals surface area contributed by atoms with Crippen LogP contribution in [0.2, 0.25) is 5.02 Å². The second-order valence-corrected chi connectivity index (χ2v) is 6.75. The molecule has 1 aromatic carbocycles. The molecule has 3 rings (SSSR count). The Labute approximate surface area is 172 Å². The molecule has 9 heteroatoms. The van der Waals surface area contributed by atoms with Gasteiger partial charge in [0.1, 0.15) is 5.82 Å². The fraction of sp³-hybridized carbons (Fsp3) is 0.250. The Morgan fingerprint density at radius 3 is 2.62 bits per heavy atom. The van der Waals surface area contributed by atoms with Crippen LogP contribution < -0.4 is 4.90 Å². The molecule has 0 atom stereocenters. The number of aromatic amines is 1. The van der Waals surface area contributed by atoms with Gasteiger partial charge in [-0.25, -0.2) is 4.98 Å². The van der Waals surface area contributed by atoms with Gasteiger partial charge in [0.2, 0.25) is 5.91 Å². The van der Waals surface area contributed by atoms with Crippen LogP contribution in [0, 0.1) is 0 Å². The molecule has 29 heavy (non-hydrogen) atoms. The van der Waals surface area contributed by atoms with Crippen molar-refractivity contribution in [3.05, 3.63) is 59.1 Å². The lowest BCUT2D eigenvalue weighted by Crippen LogP contribution is -2.28. The molecule has 150 valence electrons. The molecule has 0 aliphatic rings. The number of benzene rings is 1. The topological polar surface area (TPSA) is 101 Å². The number of ether oxygens (including phenoxy) is 1. The SMILES string of the molecule is CC(=O)OCCc1cnccc1-c1n[nH]c(CN(C(C)=O)c2ccc(Cl)cc2)n1. The number of hydrogen-bond donors (Lipinski definition) is 1. The third-order valence-electron chi connectivity index (χ3n) is 4.18. The van der Waals surface area contributed by atoms with Gasteiger partial charge in [-0.1, -0.05) is 11.6 Å². The van der Waals surface area contributed by atoms with Crippen LogP contribution in [0.1, 0.15) is 25.2 Å². The Bertz CT molecular complexity index is 1000. The van der Waals surface area contributed by atoms with E-state index < -0.39 is 0 Å². The summed E-state index contributed by atoms with van der Waals surface area (Å²) in [5.74, 6) is 0.561. The number of rotatable bonds is 7. The molecule has 0 saturated carbocycles. The molecule has 1 N–H and O–H groups in total. The summed E-state index contributed by atoms with van der Waals surface area (Å²) in [5, 5.41) is 7.76. The number of hydrogen-bond acceptors (Lipinski definition) is 6. The number of carbonyl (C=O) groups excluding carboxylic acids is 2. The summed E-state index contributed by atoms with van der Waals surface area (Å²) in [4.78, 5) is 33.3. The highest BCUT2D eigenvalue weighted by Crippen LogP contribution is 2.22. The minimum atomic E-state index is -0.331. The maximum Gasteiger partial charge on any atom is 0.302 e. The van der Waals surface area contributed by atoms with Crippen LogP contribution in [0.4, 0.5) is 5.69 Å². The smallest absolute Gasteiger partial charge is 0.302 e. The number of amides is 1. The number of nitrogens with zero attached hydrogens (tertiary/aromatic N) is 4. The van der Waals surface area contributed by atoms with E-state index in [9.17, 15) is 9.59 Å². The molecule has 0 unspecified atom stereocenters. The van der Waals surface area contributed by atoms with Crippen LogP contribution in [-0.2, 0) is 27.3 Å². The summed E-state index contributed by atoms with van der Waals surface area (Å²) in [6, 6.07) is 8.81. The zero-order chi connectivity index (χ0) is 20.8. The average molecular weight is 414 g/mol. The number of carbonyl (C=O) groups is 2. The summed E-state index contributed by atoms with van der Waals surface area (Å²) in [7, 11) is 0. The number of pyridine rings is 1. The largest absolute Gasteiger partial charge is 0.466 e. The van der Waals surface area contributed by atoms with Crippen LogP contribution in [0.5, 0.6) is 0 Å². The van der Waals surface area contributed by atoms with Crippen molar-refractivity contribution in [2.75, 3.05) is 11.5 Å². The van der Waals surface area contributed by atoms with Crippen molar-refractivity contribution in [1.29, 1.82) is 0 Å². The highest BCUT2D eigenvalue weighted by Gasteiger charge is 2.16. The second-order valence-electron chi connectivity index (χ2n) is 6.31. The first kappa shape index (κ1) is 20.5. The van der Waals surface area contributed by atoms with Crippen molar-refractivity contribution in [3.8, 4) is 11.4 Å². The fourth-order valence-corrected chi connectivity index (χ4v) is 2.92. The van der Waals surface area contributed by atoms with Gasteiger partial charge < -0.3 is 9.64 Å². The predicted molar refractivity (Wildman–Crippen MR) is 108 cm³/mol. The van der Waals surface area contributed by atoms with E-state index in [-0.39, 0.29) is 25.0 Å². The van der Waals surface area contributed by atoms with Crippen LogP contribution in [0.3, 0.4) is 0 Å². The van der Waals surface area contributed by atoms with Crippen molar-refractivity contribution in [3.63, 3.8) is 0 Å². The third kappa shape index (κ3) is 5.39. The minimum Gasteiger partial charge on any atom is -0.466 e. The van der Waals surface area contributed by atoms with Crippen molar-refractivity contribution in [1.82, 2.24) is 20.2 Å². The second kappa shape index (κ2) is 9.29. The Morgan fingerprint density at radius 2 is 1.93 bits per heavy atom. The summed E-state index contributed by atoms with van der Waals surface area (Å²) in [6.07, 6.45) is 3.84. The van der Waals surface area contributed by atoms with Gasteiger partial charge in [0, 0.05) is 48.9 Å². The van der Waals surface area contributed by atoms with Crippen molar-refractivity contribution in [2.45, 2.75) is 26.8 Å². The lowest BCUT2D eigenvalue weighted by atomic mass is 10.1. The fourth-order valence-electron chi connectivity index (χ4n) is 2.79. The molecular weight excluding hydrogens is 394 g/mol. The lowest BCUT2D eigenvalue weighted by molar-refractivity contribution is -0.140. The maximum absolute atomic E-state index is 12.1. The van der Waals surface area contributed by atoms with Crippen molar-refractivity contribution >= 4 is 29.2 Å². The first-order chi connectivity index (χ1) is 13.9. The van der Waals surface area contributed by atoms with E-state index in [2.05, 4.69) is 20.2 Å². The first-order valence-corrected chi connectivity index (χ1v) is 9.33. The highest BCUT2D eigenvalue weighted by atomic mass is 35.5. The number of nitrogens with one attached hydrogen (secondary N) is 1. The van der Waals surface area contributed by atoms with E-state index in [0.717, 1.165) is 11.1 Å². The molecule has 0 saturated heterocycles. The average Bonchev–Trinajstić information content (AvgIpc) is 3.15. The van der Waals surface area contributed by atoms with Gasteiger partial charge in [0.25, 0.3) is 0 Å². The van der Waals surface area contributed by atoms with Gasteiger partial charge in [-0.3, -0.25) is 19.7 Å². The first-order valence-electron chi connectivity index (χ1n) is 8.95. The van der Waals surface area contributed by atoms with Crippen LogP contribution in [-0.4, -0.2) is 38.6 Å². The normalized spacial score (nSPS) is 10.6. The molecule has 0 aliphatic carbocycles. The predicted octanol–water partition coefficient (Wildman–Crippen LogP) is 3.18. The van der Waals surface area contributed by atoms with Crippen LogP contribution in [0.15, 0.2) is 42.7 Å². The number of esters is 1. The quantitative estimate of drug-likeness (QED) is 0.597. The molecule has 0 fully saturated rings. The van der Waals surface area contributed by atoms with Gasteiger partial charge in [0.05, 0.1) is 13.2 Å². The number of anilines is 1. The molecule has 0 radical (unpaired) electrons. The Kier molecular flexibility index (Phi) is 6.56. The summed E-state index contributed by atoms with van der Waals surface area (Å²) < 4.78 is 5.01. The van der Waals surface area contributed by atoms with Gasteiger partial charge in [-0.15, -0.1) is 0 Å². The number of halogens is 1.